The van der Waals surface area contributed by atoms with E-state index < -0.39 is 12.7 Å². The second kappa shape index (κ2) is 7.40. The molecule has 2 rings (SSSR count). The molecule has 0 fully saturated rings. The minimum Gasteiger partial charge on any atom is -0.467 e. The van der Waals surface area contributed by atoms with Crippen molar-refractivity contribution < 1.29 is 23.0 Å². The normalized spacial score (nSPS) is 12.6. The standard InChI is InChI=1S/C14H14ClF2NO3/c15-10-6-9(3-4-12(10)21-14(16)17)7-18-8-11(19)13-2-1-5-20-13/h1-6,11,14,18-19H,7-8H2. The molecular formula is C14H14ClF2NO3. The van der Waals surface area contributed by atoms with Crippen molar-refractivity contribution in [2.75, 3.05) is 6.54 Å². The number of hydrogen-bond donors (Lipinski definition) is 2. The Kier molecular flexibility index (Phi) is 5.55. The Hall–Kier alpha value is -1.63. The van der Waals surface area contributed by atoms with Crippen LogP contribution in [0.2, 0.25) is 5.02 Å². The lowest BCUT2D eigenvalue weighted by Crippen LogP contribution is -2.20. The van der Waals surface area contributed by atoms with Crippen LogP contribution in [0.15, 0.2) is 41.0 Å². The van der Waals surface area contributed by atoms with Crippen molar-refractivity contribution in [3.63, 3.8) is 0 Å². The molecule has 0 aliphatic carbocycles. The highest BCUT2D eigenvalue weighted by Gasteiger charge is 2.11. The van der Waals surface area contributed by atoms with Crippen molar-refractivity contribution in [2.45, 2.75) is 19.3 Å². The zero-order valence-corrected chi connectivity index (χ0v) is 11.7. The molecule has 1 atom stereocenters. The highest BCUT2D eigenvalue weighted by Crippen LogP contribution is 2.26. The number of furan rings is 1. The summed E-state index contributed by atoms with van der Waals surface area (Å²) in [6.07, 6.45) is 0.733. The summed E-state index contributed by atoms with van der Waals surface area (Å²) in [5, 5.41) is 12.9. The smallest absolute Gasteiger partial charge is 0.387 e. The number of rotatable bonds is 7. The van der Waals surface area contributed by atoms with Gasteiger partial charge in [-0.1, -0.05) is 17.7 Å². The molecule has 1 heterocycles. The van der Waals surface area contributed by atoms with Gasteiger partial charge >= 0.3 is 6.61 Å². The summed E-state index contributed by atoms with van der Waals surface area (Å²) >= 11 is 5.85. The Labute approximate surface area is 125 Å². The first-order valence-corrected chi connectivity index (χ1v) is 6.59. The first-order valence-electron chi connectivity index (χ1n) is 6.21. The van der Waals surface area contributed by atoms with E-state index in [0.717, 1.165) is 5.56 Å². The lowest BCUT2D eigenvalue weighted by Gasteiger charge is -2.11. The topological polar surface area (TPSA) is 54.6 Å². The predicted octanol–water partition coefficient (Wildman–Crippen LogP) is 3.36. The maximum Gasteiger partial charge on any atom is 0.387 e. The van der Waals surface area contributed by atoms with Gasteiger partial charge in [0.25, 0.3) is 0 Å². The highest BCUT2D eigenvalue weighted by molar-refractivity contribution is 6.32. The molecule has 0 saturated carbocycles. The fraction of sp³-hybridized carbons (Fsp3) is 0.286. The summed E-state index contributed by atoms with van der Waals surface area (Å²) in [5.41, 5.74) is 0.785. The van der Waals surface area contributed by atoms with Crippen molar-refractivity contribution in [3.8, 4) is 5.75 Å². The molecule has 1 unspecified atom stereocenters. The van der Waals surface area contributed by atoms with Crippen molar-refractivity contribution in [2.24, 2.45) is 0 Å². The van der Waals surface area contributed by atoms with Crippen LogP contribution in [0.1, 0.15) is 17.4 Å². The number of nitrogens with one attached hydrogen (secondary N) is 1. The quantitative estimate of drug-likeness (QED) is 0.822. The number of benzene rings is 1. The molecule has 4 nitrogen and oxygen atoms in total. The average Bonchev–Trinajstić information content (AvgIpc) is 2.95. The average molecular weight is 318 g/mol. The molecule has 21 heavy (non-hydrogen) atoms. The Morgan fingerprint density at radius 1 is 1.33 bits per heavy atom. The third kappa shape index (κ3) is 4.70. The van der Waals surface area contributed by atoms with Crippen molar-refractivity contribution in [1.29, 1.82) is 0 Å². The first kappa shape index (κ1) is 15.8. The molecule has 0 bridgehead atoms. The van der Waals surface area contributed by atoms with Gasteiger partial charge in [-0.05, 0) is 29.8 Å². The molecule has 0 aliphatic heterocycles. The Morgan fingerprint density at radius 3 is 2.76 bits per heavy atom. The molecule has 0 radical (unpaired) electrons. The molecule has 0 spiro atoms. The van der Waals surface area contributed by atoms with Crippen LogP contribution in [-0.2, 0) is 6.54 Å². The second-order valence-electron chi connectivity index (χ2n) is 4.31. The molecule has 2 aromatic rings. The molecule has 2 N–H and O–H groups in total. The van der Waals surface area contributed by atoms with Gasteiger partial charge in [0.15, 0.2) is 0 Å². The predicted molar refractivity (Wildman–Crippen MR) is 73.5 cm³/mol. The van der Waals surface area contributed by atoms with Gasteiger partial charge in [0, 0.05) is 13.1 Å². The van der Waals surface area contributed by atoms with E-state index in [1.807, 2.05) is 0 Å². The molecule has 0 amide bonds. The molecule has 0 saturated heterocycles. The number of ether oxygens (including phenoxy) is 1. The highest BCUT2D eigenvalue weighted by atomic mass is 35.5. The van der Waals surface area contributed by atoms with Gasteiger partial charge in [0.05, 0.1) is 11.3 Å². The van der Waals surface area contributed by atoms with Crippen molar-refractivity contribution in [1.82, 2.24) is 5.32 Å². The zero-order chi connectivity index (χ0) is 15.2. The molecule has 114 valence electrons. The van der Waals surface area contributed by atoms with E-state index in [1.165, 1.54) is 18.4 Å². The largest absolute Gasteiger partial charge is 0.467 e. The minimum absolute atomic E-state index is 0.0639. The summed E-state index contributed by atoms with van der Waals surface area (Å²) in [6.45, 7) is -2.19. The monoisotopic (exact) mass is 317 g/mol. The van der Waals surface area contributed by atoms with Gasteiger partial charge in [0.2, 0.25) is 0 Å². The Balaban J connectivity index is 1.85. The maximum atomic E-state index is 12.1. The van der Waals surface area contributed by atoms with E-state index in [1.54, 1.807) is 18.2 Å². The third-order valence-electron chi connectivity index (χ3n) is 2.75. The lowest BCUT2D eigenvalue weighted by molar-refractivity contribution is -0.0497. The van der Waals surface area contributed by atoms with Crippen LogP contribution in [0.3, 0.4) is 0 Å². The summed E-state index contributed by atoms with van der Waals surface area (Å²) in [4.78, 5) is 0. The van der Waals surface area contributed by atoms with E-state index in [0.29, 0.717) is 18.8 Å². The van der Waals surface area contributed by atoms with Crippen LogP contribution in [0, 0.1) is 0 Å². The van der Waals surface area contributed by atoms with Gasteiger partial charge < -0.3 is 19.6 Å². The van der Waals surface area contributed by atoms with E-state index in [9.17, 15) is 13.9 Å². The number of aliphatic hydroxyl groups excluding tert-OH is 1. The number of halogens is 3. The summed E-state index contributed by atoms with van der Waals surface area (Å²) < 4.78 is 33.5. The van der Waals surface area contributed by atoms with Crippen LogP contribution in [0.4, 0.5) is 8.78 Å². The molecular weight excluding hydrogens is 304 g/mol. The van der Waals surface area contributed by atoms with Crippen molar-refractivity contribution in [3.05, 3.63) is 52.9 Å². The zero-order valence-electron chi connectivity index (χ0n) is 10.9. The van der Waals surface area contributed by atoms with Gasteiger partial charge in [-0.3, -0.25) is 0 Å². The van der Waals surface area contributed by atoms with E-state index in [2.05, 4.69) is 10.1 Å². The molecule has 1 aromatic heterocycles. The Bertz CT molecular complexity index is 563. The van der Waals surface area contributed by atoms with E-state index in [4.69, 9.17) is 16.0 Å². The number of aliphatic hydroxyl groups is 1. The van der Waals surface area contributed by atoms with Gasteiger partial charge in [-0.25, -0.2) is 0 Å². The lowest BCUT2D eigenvalue weighted by atomic mass is 10.2. The van der Waals surface area contributed by atoms with Crippen LogP contribution < -0.4 is 10.1 Å². The van der Waals surface area contributed by atoms with Gasteiger partial charge in [-0.15, -0.1) is 0 Å². The maximum absolute atomic E-state index is 12.1. The van der Waals surface area contributed by atoms with E-state index >= 15 is 0 Å². The number of hydrogen-bond acceptors (Lipinski definition) is 4. The first-order chi connectivity index (χ1) is 10.1. The SMILES string of the molecule is OC(CNCc1ccc(OC(F)F)c(Cl)c1)c1ccco1. The fourth-order valence-corrected chi connectivity index (χ4v) is 2.03. The van der Waals surface area contributed by atoms with Crippen molar-refractivity contribution >= 4 is 11.6 Å². The van der Waals surface area contributed by atoms with Gasteiger partial charge in [-0.2, -0.15) is 8.78 Å². The van der Waals surface area contributed by atoms with Crippen LogP contribution in [0.5, 0.6) is 5.75 Å². The number of alkyl halides is 2. The minimum atomic E-state index is -2.91. The fourth-order valence-electron chi connectivity index (χ4n) is 1.78. The molecule has 0 aliphatic rings. The van der Waals surface area contributed by atoms with Gasteiger partial charge in [0.1, 0.15) is 17.6 Å². The van der Waals surface area contributed by atoms with Crippen LogP contribution >= 0.6 is 11.6 Å². The van der Waals surface area contributed by atoms with E-state index in [-0.39, 0.29) is 10.8 Å². The second-order valence-corrected chi connectivity index (χ2v) is 4.71. The third-order valence-corrected chi connectivity index (χ3v) is 3.05. The summed E-state index contributed by atoms with van der Waals surface area (Å²) in [7, 11) is 0. The summed E-state index contributed by atoms with van der Waals surface area (Å²) in [6, 6.07) is 7.91. The Morgan fingerprint density at radius 2 is 2.14 bits per heavy atom. The molecule has 7 heteroatoms. The van der Waals surface area contributed by atoms with Crippen LogP contribution in [0.25, 0.3) is 0 Å². The molecule has 1 aromatic carbocycles. The summed E-state index contributed by atoms with van der Waals surface area (Å²) in [5.74, 6) is 0.409. The van der Waals surface area contributed by atoms with Crippen LogP contribution in [-0.4, -0.2) is 18.3 Å².